The third kappa shape index (κ3) is 2.93. The highest BCUT2D eigenvalue weighted by atomic mass is 35.5. The van der Waals surface area contributed by atoms with Crippen molar-refractivity contribution in [3.05, 3.63) is 23.0 Å². The molecule has 0 spiro atoms. The Hall–Kier alpha value is -0.425. The molecule has 0 aromatic carbocycles. The number of hydrogen-bond donors (Lipinski definition) is 0. The summed E-state index contributed by atoms with van der Waals surface area (Å²) in [4.78, 5) is 4.16. The molecule has 1 atom stereocenters. The van der Waals surface area contributed by atoms with Gasteiger partial charge in [-0.05, 0) is 27.7 Å². The fourth-order valence-corrected chi connectivity index (χ4v) is 2.95. The summed E-state index contributed by atoms with van der Waals surface area (Å²) in [6, 6.07) is 0. The average molecular weight is 316 g/mol. The lowest BCUT2D eigenvalue weighted by Gasteiger charge is -2.32. The molecule has 4 nitrogen and oxygen atoms in total. The number of hydrogen-bond acceptors (Lipinski definition) is 4. The summed E-state index contributed by atoms with van der Waals surface area (Å²) < 4.78 is 23.3. The lowest BCUT2D eigenvalue weighted by Crippen LogP contribution is -2.41. The Morgan fingerprint density at radius 1 is 1.25 bits per heavy atom. The molecule has 1 fully saturated rings. The molecule has 7 heteroatoms. The van der Waals surface area contributed by atoms with Crippen LogP contribution < -0.4 is 5.46 Å². The quantitative estimate of drug-likeness (QED) is 0.800. The number of halogens is 1. The standard InChI is InChI=1S/C13H19BClNO3S/c1-12(2)13(3,4)19-14(18-12)10-7-16-6-9(11(10)15)8-20(5)17/h6-7H,8H2,1-5H3. The van der Waals surface area contributed by atoms with Gasteiger partial charge in [0.15, 0.2) is 0 Å². The number of rotatable bonds is 3. The molecule has 0 saturated carbocycles. The first-order chi connectivity index (χ1) is 9.14. The molecule has 20 heavy (non-hydrogen) atoms. The minimum absolute atomic E-state index is 0.374. The van der Waals surface area contributed by atoms with Crippen LogP contribution in [0.25, 0.3) is 0 Å². The molecule has 1 aliphatic heterocycles. The summed E-state index contributed by atoms with van der Waals surface area (Å²) in [6.07, 6.45) is 4.92. The summed E-state index contributed by atoms with van der Waals surface area (Å²) in [7, 11) is -1.52. The first-order valence-electron chi connectivity index (χ1n) is 6.42. The second-order valence-corrected chi connectivity index (χ2v) is 7.82. The van der Waals surface area contributed by atoms with Crippen LogP contribution in [0.2, 0.25) is 5.02 Å². The third-order valence-electron chi connectivity index (χ3n) is 3.85. The summed E-state index contributed by atoms with van der Waals surface area (Å²) in [6.45, 7) is 7.94. The van der Waals surface area contributed by atoms with E-state index in [-0.39, 0.29) is 0 Å². The Bertz CT molecular complexity index is 534. The van der Waals surface area contributed by atoms with Crippen molar-refractivity contribution in [1.29, 1.82) is 0 Å². The van der Waals surface area contributed by atoms with Crippen LogP contribution in [0.1, 0.15) is 33.3 Å². The fourth-order valence-electron chi connectivity index (χ4n) is 1.96. The molecule has 1 aliphatic rings. The second kappa shape index (κ2) is 5.41. The van der Waals surface area contributed by atoms with Gasteiger partial charge < -0.3 is 9.31 Å². The van der Waals surface area contributed by atoms with Gasteiger partial charge in [-0.2, -0.15) is 0 Å². The van der Waals surface area contributed by atoms with E-state index in [1.807, 2.05) is 27.7 Å². The maximum Gasteiger partial charge on any atom is 0.497 e. The predicted molar refractivity (Wildman–Crippen MR) is 82.7 cm³/mol. The summed E-state index contributed by atoms with van der Waals surface area (Å²) >= 11 is 6.38. The van der Waals surface area contributed by atoms with E-state index in [0.29, 0.717) is 16.2 Å². The molecular weight excluding hydrogens is 296 g/mol. The van der Waals surface area contributed by atoms with Crippen molar-refractivity contribution in [3.8, 4) is 0 Å². The number of pyridine rings is 1. The normalized spacial score (nSPS) is 22.0. The maximum absolute atomic E-state index is 11.4. The smallest absolute Gasteiger partial charge is 0.399 e. The van der Waals surface area contributed by atoms with E-state index in [2.05, 4.69) is 4.98 Å². The zero-order chi connectivity index (χ0) is 15.1. The van der Waals surface area contributed by atoms with Crippen LogP contribution in [-0.2, 0) is 25.9 Å². The second-order valence-electron chi connectivity index (χ2n) is 6.01. The zero-order valence-electron chi connectivity index (χ0n) is 12.4. The number of aromatic nitrogens is 1. The van der Waals surface area contributed by atoms with Gasteiger partial charge in [0.05, 0.1) is 17.0 Å². The van der Waals surface area contributed by atoms with Crippen molar-refractivity contribution in [2.45, 2.75) is 44.6 Å². The number of nitrogens with zero attached hydrogens (tertiary/aromatic N) is 1. The van der Waals surface area contributed by atoms with Gasteiger partial charge in [-0.25, -0.2) is 0 Å². The maximum atomic E-state index is 11.4. The van der Waals surface area contributed by atoms with Crippen molar-refractivity contribution in [1.82, 2.24) is 4.98 Å². The lowest BCUT2D eigenvalue weighted by molar-refractivity contribution is 0.00578. The summed E-state index contributed by atoms with van der Waals surface area (Å²) in [5.74, 6) is 0.374. The Morgan fingerprint density at radius 2 is 1.80 bits per heavy atom. The molecule has 1 saturated heterocycles. The van der Waals surface area contributed by atoms with Crippen molar-refractivity contribution in [2.75, 3.05) is 6.26 Å². The monoisotopic (exact) mass is 315 g/mol. The largest absolute Gasteiger partial charge is 0.497 e. The Balaban J connectivity index is 2.34. The van der Waals surface area contributed by atoms with Crippen LogP contribution in [0.5, 0.6) is 0 Å². The molecule has 0 bridgehead atoms. The van der Waals surface area contributed by atoms with Gasteiger partial charge in [-0.3, -0.25) is 9.19 Å². The SMILES string of the molecule is CS(=O)Cc1cncc(B2OC(C)(C)C(C)(C)O2)c1Cl. The van der Waals surface area contributed by atoms with Gasteiger partial charge in [0.1, 0.15) is 0 Å². The van der Waals surface area contributed by atoms with E-state index in [1.165, 1.54) is 0 Å². The topological polar surface area (TPSA) is 48.4 Å². The van der Waals surface area contributed by atoms with E-state index in [9.17, 15) is 4.21 Å². The molecule has 0 aliphatic carbocycles. The third-order valence-corrected chi connectivity index (χ3v) is 5.02. The average Bonchev–Trinajstić information content (AvgIpc) is 2.50. The van der Waals surface area contributed by atoms with Crippen LogP contribution in [0.4, 0.5) is 0 Å². The first kappa shape index (κ1) is 16.0. The molecule has 0 N–H and O–H groups in total. The van der Waals surface area contributed by atoms with Crippen LogP contribution in [-0.4, -0.2) is 33.8 Å². The first-order valence-corrected chi connectivity index (χ1v) is 8.52. The van der Waals surface area contributed by atoms with Crippen molar-refractivity contribution in [2.24, 2.45) is 0 Å². The highest BCUT2D eigenvalue weighted by Crippen LogP contribution is 2.37. The van der Waals surface area contributed by atoms with Gasteiger partial charge in [-0.15, -0.1) is 0 Å². The van der Waals surface area contributed by atoms with Gasteiger partial charge in [0, 0.05) is 45.5 Å². The van der Waals surface area contributed by atoms with Crippen LogP contribution in [0.3, 0.4) is 0 Å². The van der Waals surface area contributed by atoms with Gasteiger partial charge >= 0.3 is 7.12 Å². The van der Waals surface area contributed by atoms with E-state index in [0.717, 1.165) is 5.56 Å². The molecular formula is C13H19BClNO3S. The van der Waals surface area contributed by atoms with Crippen LogP contribution in [0.15, 0.2) is 12.4 Å². The van der Waals surface area contributed by atoms with Gasteiger partial charge in [-0.1, -0.05) is 11.6 Å². The Kier molecular flexibility index (Phi) is 4.31. The van der Waals surface area contributed by atoms with Crippen molar-refractivity contribution < 1.29 is 13.5 Å². The van der Waals surface area contributed by atoms with E-state index in [1.54, 1.807) is 18.6 Å². The minimum atomic E-state index is -0.973. The van der Waals surface area contributed by atoms with E-state index < -0.39 is 29.1 Å². The van der Waals surface area contributed by atoms with Gasteiger partial charge in [0.25, 0.3) is 0 Å². The van der Waals surface area contributed by atoms with E-state index in [4.69, 9.17) is 20.9 Å². The molecule has 2 heterocycles. The zero-order valence-corrected chi connectivity index (χ0v) is 14.0. The molecule has 1 unspecified atom stereocenters. The highest BCUT2D eigenvalue weighted by molar-refractivity contribution is 7.83. The highest BCUT2D eigenvalue weighted by Gasteiger charge is 2.52. The Labute approximate surface area is 127 Å². The van der Waals surface area contributed by atoms with Crippen LogP contribution in [0, 0.1) is 0 Å². The summed E-state index contributed by atoms with van der Waals surface area (Å²) in [5.41, 5.74) is 0.586. The molecule has 0 radical (unpaired) electrons. The minimum Gasteiger partial charge on any atom is -0.399 e. The molecule has 2 rings (SSSR count). The summed E-state index contributed by atoms with van der Waals surface area (Å²) in [5, 5.41) is 0.522. The van der Waals surface area contributed by atoms with Gasteiger partial charge in [0.2, 0.25) is 0 Å². The van der Waals surface area contributed by atoms with Crippen molar-refractivity contribution >= 4 is 35.0 Å². The molecule has 0 amide bonds. The fraction of sp³-hybridized carbons (Fsp3) is 0.615. The molecule has 1 aromatic heterocycles. The Morgan fingerprint density at radius 3 is 2.30 bits per heavy atom. The predicted octanol–water partition coefficient (Wildman–Crippen LogP) is 1.91. The van der Waals surface area contributed by atoms with Crippen LogP contribution >= 0.6 is 11.6 Å². The molecule has 1 aromatic rings. The van der Waals surface area contributed by atoms with Crippen molar-refractivity contribution in [3.63, 3.8) is 0 Å². The lowest BCUT2D eigenvalue weighted by atomic mass is 9.79. The molecule has 110 valence electrons. The van der Waals surface area contributed by atoms with E-state index >= 15 is 0 Å².